The van der Waals surface area contributed by atoms with Crippen LogP contribution in [0.1, 0.15) is 52.4 Å². The van der Waals surface area contributed by atoms with E-state index < -0.39 is 12.5 Å². The van der Waals surface area contributed by atoms with E-state index in [-0.39, 0.29) is 46.2 Å². The Morgan fingerprint density at radius 2 is 1.81 bits per heavy atom. The summed E-state index contributed by atoms with van der Waals surface area (Å²) in [5.41, 5.74) is 1.66. The molecule has 2 fully saturated rings. The van der Waals surface area contributed by atoms with Crippen LogP contribution in [0.4, 0.5) is 14.6 Å². The standard InChI is InChI=1S/C28H33F2N5O2/c1-27-7-4-8-28(2,17-27)15-19(14-27)35(10-9-29)25-6-5-23(32-33-25)21-12-22(30)20(13-24(21)36)18-11-26(37-3)34-31-16-18/h5-6,11-13,16,19,36H,4,7-10,14-15,17H2,1-3H3/t19?,27-,28+. The Balaban J connectivity index is 1.42. The third kappa shape index (κ3) is 5.08. The number of hydrogen-bond donors (Lipinski definition) is 1. The van der Waals surface area contributed by atoms with Crippen molar-refractivity contribution in [2.45, 2.75) is 58.4 Å². The fourth-order valence-electron chi connectivity index (χ4n) is 6.71. The molecule has 7 nitrogen and oxygen atoms in total. The van der Waals surface area contributed by atoms with E-state index in [1.807, 2.05) is 4.90 Å². The number of aromatic hydroxyl groups is 1. The van der Waals surface area contributed by atoms with Crippen LogP contribution >= 0.6 is 0 Å². The van der Waals surface area contributed by atoms with Crippen molar-refractivity contribution in [3.05, 3.63) is 42.3 Å². The number of nitrogens with zero attached hydrogens (tertiary/aromatic N) is 5. The number of alkyl halides is 1. The molecule has 2 aliphatic carbocycles. The Morgan fingerprint density at radius 3 is 2.46 bits per heavy atom. The molecule has 0 amide bonds. The quantitative estimate of drug-likeness (QED) is 0.419. The molecule has 2 aliphatic rings. The molecule has 2 bridgehead atoms. The Hall–Kier alpha value is -3.36. The zero-order valence-electron chi connectivity index (χ0n) is 21.5. The minimum atomic E-state index is -0.553. The predicted octanol–water partition coefficient (Wildman–Crippen LogP) is 5.98. The van der Waals surface area contributed by atoms with Gasteiger partial charge in [-0.2, -0.15) is 5.10 Å². The molecule has 196 valence electrons. The van der Waals surface area contributed by atoms with Gasteiger partial charge in [-0.25, -0.2) is 8.78 Å². The van der Waals surface area contributed by atoms with Crippen molar-refractivity contribution in [3.8, 4) is 34.0 Å². The van der Waals surface area contributed by atoms with Crippen LogP contribution in [0.25, 0.3) is 22.4 Å². The average Bonchev–Trinajstić information content (AvgIpc) is 2.87. The van der Waals surface area contributed by atoms with Crippen molar-refractivity contribution in [2.24, 2.45) is 10.8 Å². The Kier molecular flexibility index (Phi) is 6.72. The van der Waals surface area contributed by atoms with Crippen LogP contribution in [0.3, 0.4) is 0 Å². The molecular formula is C28H33F2N5O2. The number of rotatable bonds is 7. The SMILES string of the molecule is COc1cc(-c2cc(O)c(-c3ccc(N(CCF)C4C[C@]5(C)CCC[C@](C)(C4)C5)nn3)cc2F)cnn1. The van der Waals surface area contributed by atoms with Gasteiger partial charge in [0.05, 0.1) is 19.0 Å². The van der Waals surface area contributed by atoms with Crippen LogP contribution < -0.4 is 9.64 Å². The fraction of sp³-hybridized carbons (Fsp3) is 0.500. The van der Waals surface area contributed by atoms with Crippen LogP contribution in [0, 0.1) is 16.6 Å². The second kappa shape index (κ2) is 9.84. The van der Waals surface area contributed by atoms with Crippen LogP contribution in [0.2, 0.25) is 0 Å². The summed E-state index contributed by atoms with van der Waals surface area (Å²) in [5.74, 6) is 0.147. The Bertz CT molecular complexity index is 1260. The monoisotopic (exact) mass is 509 g/mol. The van der Waals surface area contributed by atoms with Crippen LogP contribution in [-0.4, -0.2) is 51.9 Å². The maximum atomic E-state index is 15.1. The number of phenols is 1. The minimum absolute atomic E-state index is 0.143. The Labute approximate surface area is 215 Å². The molecule has 0 aliphatic heterocycles. The molecule has 5 rings (SSSR count). The zero-order valence-corrected chi connectivity index (χ0v) is 21.5. The molecule has 0 saturated heterocycles. The van der Waals surface area contributed by atoms with E-state index in [1.54, 1.807) is 18.2 Å². The van der Waals surface area contributed by atoms with Crippen molar-refractivity contribution in [2.75, 3.05) is 25.2 Å². The highest BCUT2D eigenvalue weighted by atomic mass is 19.1. The van der Waals surface area contributed by atoms with Gasteiger partial charge in [0.15, 0.2) is 5.82 Å². The topological polar surface area (TPSA) is 84.3 Å². The first kappa shape index (κ1) is 25.3. The highest BCUT2D eigenvalue weighted by Crippen LogP contribution is 2.56. The third-order valence-corrected chi connectivity index (χ3v) is 8.10. The first-order valence-corrected chi connectivity index (χ1v) is 12.8. The smallest absolute Gasteiger partial charge is 0.233 e. The average molecular weight is 510 g/mol. The van der Waals surface area contributed by atoms with Gasteiger partial charge in [-0.3, -0.25) is 0 Å². The molecule has 0 radical (unpaired) electrons. The molecule has 3 aromatic rings. The second-order valence-electron chi connectivity index (χ2n) is 11.2. The normalized spacial score (nSPS) is 25.1. The van der Waals surface area contributed by atoms with Gasteiger partial charge in [0.25, 0.3) is 0 Å². The van der Waals surface area contributed by atoms with E-state index in [2.05, 4.69) is 34.2 Å². The fourth-order valence-corrected chi connectivity index (χ4v) is 6.71. The number of phenolic OH excluding ortho intramolecular Hbond substituents is 1. The number of halogens is 2. The van der Waals surface area contributed by atoms with Crippen molar-refractivity contribution < 1.29 is 18.6 Å². The number of aromatic nitrogens is 4. The lowest BCUT2D eigenvalue weighted by Gasteiger charge is -2.54. The number of fused-ring (bicyclic) bond motifs is 2. The molecule has 2 heterocycles. The second-order valence-corrected chi connectivity index (χ2v) is 11.2. The summed E-state index contributed by atoms with van der Waals surface area (Å²) in [5, 5.41) is 27.0. The lowest BCUT2D eigenvalue weighted by molar-refractivity contribution is 0.0128. The van der Waals surface area contributed by atoms with Gasteiger partial charge >= 0.3 is 0 Å². The van der Waals surface area contributed by atoms with Crippen molar-refractivity contribution in [1.82, 2.24) is 20.4 Å². The summed E-state index contributed by atoms with van der Waals surface area (Å²) in [6, 6.07) is 7.77. The predicted molar refractivity (Wildman–Crippen MR) is 138 cm³/mol. The Morgan fingerprint density at radius 1 is 1.05 bits per heavy atom. The summed E-state index contributed by atoms with van der Waals surface area (Å²) >= 11 is 0. The zero-order chi connectivity index (χ0) is 26.2. The maximum Gasteiger partial charge on any atom is 0.233 e. The van der Waals surface area contributed by atoms with Crippen LogP contribution in [0.15, 0.2) is 36.5 Å². The van der Waals surface area contributed by atoms with Crippen molar-refractivity contribution in [3.63, 3.8) is 0 Å². The van der Waals surface area contributed by atoms with Crippen molar-refractivity contribution in [1.29, 1.82) is 0 Å². The molecule has 1 aromatic carbocycles. The van der Waals surface area contributed by atoms with Gasteiger partial charge in [-0.05, 0) is 67.2 Å². The number of ether oxygens (including phenoxy) is 1. The number of methoxy groups -OCH3 is 1. The summed E-state index contributed by atoms with van der Waals surface area (Å²) in [4.78, 5) is 2.05. The summed E-state index contributed by atoms with van der Waals surface area (Å²) in [6.07, 6.45) is 8.29. The first-order chi connectivity index (χ1) is 17.7. The summed E-state index contributed by atoms with van der Waals surface area (Å²) in [7, 11) is 1.45. The van der Waals surface area contributed by atoms with E-state index in [4.69, 9.17) is 4.74 Å². The van der Waals surface area contributed by atoms with E-state index in [9.17, 15) is 9.50 Å². The highest BCUT2D eigenvalue weighted by molar-refractivity contribution is 5.75. The van der Waals surface area contributed by atoms with Crippen molar-refractivity contribution >= 4 is 5.82 Å². The van der Waals surface area contributed by atoms with E-state index >= 15 is 4.39 Å². The first-order valence-electron chi connectivity index (χ1n) is 12.8. The lowest BCUT2D eigenvalue weighted by atomic mass is 9.55. The van der Waals surface area contributed by atoms with E-state index in [1.165, 1.54) is 51.1 Å². The van der Waals surface area contributed by atoms with Gasteiger partial charge < -0.3 is 14.7 Å². The molecule has 2 aromatic heterocycles. The minimum Gasteiger partial charge on any atom is -0.507 e. The molecule has 2 saturated carbocycles. The van der Waals surface area contributed by atoms with Gasteiger partial charge in [0.1, 0.15) is 18.2 Å². The molecule has 1 N–H and O–H groups in total. The summed E-state index contributed by atoms with van der Waals surface area (Å²) < 4.78 is 33.8. The largest absolute Gasteiger partial charge is 0.507 e. The number of benzene rings is 1. The lowest BCUT2D eigenvalue weighted by Crippen LogP contribution is -2.50. The van der Waals surface area contributed by atoms with Crippen LogP contribution in [0.5, 0.6) is 11.6 Å². The van der Waals surface area contributed by atoms with Gasteiger partial charge in [-0.1, -0.05) is 20.3 Å². The van der Waals surface area contributed by atoms with E-state index in [0.717, 1.165) is 12.8 Å². The molecule has 1 unspecified atom stereocenters. The summed E-state index contributed by atoms with van der Waals surface area (Å²) in [6.45, 7) is 4.49. The maximum absolute atomic E-state index is 15.1. The van der Waals surface area contributed by atoms with E-state index in [0.29, 0.717) is 17.1 Å². The molecular weight excluding hydrogens is 476 g/mol. The third-order valence-electron chi connectivity index (χ3n) is 8.10. The van der Waals surface area contributed by atoms with Gasteiger partial charge in [-0.15, -0.1) is 15.3 Å². The van der Waals surface area contributed by atoms with Gasteiger partial charge in [0.2, 0.25) is 5.88 Å². The van der Waals surface area contributed by atoms with Gasteiger partial charge in [0, 0.05) is 35.3 Å². The molecule has 3 atom stereocenters. The highest BCUT2D eigenvalue weighted by Gasteiger charge is 2.47. The molecule has 37 heavy (non-hydrogen) atoms. The molecule has 0 spiro atoms. The van der Waals surface area contributed by atoms with Crippen LogP contribution in [-0.2, 0) is 0 Å². The number of hydrogen-bond acceptors (Lipinski definition) is 7. The molecule has 9 heteroatoms. The number of anilines is 1.